The smallest absolute Gasteiger partial charge is 0.323 e. The fraction of sp³-hybridized carbons (Fsp3) is 0.429. The Bertz CT molecular complexity index is 584. The van der Waals surface area contributed by atoms with Crippen LogP contribution in [0.2, 0.25) is 0 Å². The van der Waals surface area contributed by atoms with Crippen LogP contribution >= 0.6 is 11.8 Å². The Labute approximate surface area is 122 Å². The first-order valence-electron chi connectivity index (χ1n) is 6.56. The van der Waals surface area contributed by atoms with Crippen LogP contribution in [0.5, 0.6) is 0 Å². The lowest BCUT2D eigenvalue weighted by Crippen LogP contribution is -2.44. The molecule has 3 rings (SSSR count). The molecule has 102 valence electrons. The van der Waals surface area contributed by atoms with Gasteiger partial charge in [0.25, 0.3) is 0 Å². The lowest BCUT2D eigenvalue weighted by molar-refractivity contribution is -0.137. The number of hydrogen-bond acceptors (Lipinski definition) is 3. The van der Waals surface area contributed by atoms with E-state index in [4.69, 9.17) is 13.0 Å². The number of carboxylic acids is 1. The van der Waals surface area contributed by atoms with Crippen LogP contribution in [-0.4, -0.2) is 42.9 Å². The maximum absolute atomic E-state index is 12.8. The van der Waals surface area contributed by atoms with E-state index in [-0.39, 0.29) is 12.5 Å². The zero-order valence-electron chi connectivity index (χ0n) is 11.0. The molecule has 0 unspecified atom stereocenters. The van der Waals surface area contributed by atoms with Gasteiger partial charge in [-0.05, 0) is 36.0 Å². The van der Waals surface area contributed by atoms with Crippen molar-refractivity contribution in [1.29, 1.82) is 0 Å². The highest BCUT2D eigenvalue weighted by Gasteiger charge is 2.51. The minimum atomic E-state index is -0.997. The highest BCUT2D eigenvalue weighted by atomic mass is 32.2. The molecule has 1 fully saturated rings. The maximum Gasteiger partial charge on any atom is 0.323 e. The Hall–Kier alpha value is -1.43. The van der Waals surface area contributed by atoms with E-state index >= 15 is 0 Å². The number of anilines is 1. The first kappa shape index (κ1) is 13.6. The predicted octanol–water partition coefficient (Wildman–Crippen LogP) is 0.676. The van der Waals surface area contributed by atoms with Gasteiger partial charge in [-0.15, -0.1) is 0 Å². The summed E-state index contributed by atoms with van der Waals surface area (Å²) in [5.41, 5.74) is 1.67. The van der Waals surface area contributed by atoms with Gasteiger partial charge in [0.1, 0.15) is 14.4 Å². The van der Waals surface area contributed by atoms with E-state index < -0.39 is 11.4 Å². The second-order valence-corrected chi connectivity index (χ2v) is 6.48. The van der Waals surface area contributed by atoms with E-state index in [9.17, 15) is 9.59 Å². The van der Waals surface area contributed by atoms with Crippen LogP contribution < -0.4 is 10.4 Å². The minimum absolute atomic E-state index is 0.0826. The van der Waals surface area contributed by atoms with Gasteiger partial charge < -0.3 is 10.0 Å². The van der Waals surface area contributed by atoms with E-state index in [1.54, 1.807) is 12.1 Å². The molecule has 6 heteroatoms. The Morgan fingerprint density at radius 2 is 2.10 bits per heavy atom. The van der Waals surface area contributed by atoms with Crippen molar-refractivity contribution in [3.8, 4) is 0 Å². The second kappa shape index (κ2) is 4.84. The Morgan fingerprint density at radius 3 is 2.75 bits per heavy atom. The van der Waals surface area contributed by atoms with Crippen LogP contribution in [0.15, 0.2) is 18.2 Å². The second-order valence-electron chi connectivity index (χ2n) is 5.26. The number of nitrogens with zero attached hydrogens (tertiary/aromatic N) is 1. The molecule has 1 aromatic carbocycles. The normalized spacial score (nSPS) is 20.2. The molecular weight excluding hydrogens is 273 g/mol. The van der Waals surface area contributed by atoms with Crippen LogP contribution in [-0.2, 0) is 15.0 Å². The molecule has 2 aliphatic heterocycles. The van der Waals surface area contributed by atoms with Gasteiger partial charge in [-0.2, -0.15) is 11.8 Å². The van der Waals surface area contributed by atoms with Crippen LogP contribution in [0.3, 0.4) is 0 Å². The monoisotopic (exact) mass is 287 g/mol. The molecule has 1 spiro atoms. The van der Waals surface area contributed by atoms with Gasteiger partial charge in [0.05, 0.1) is 5.41 Å². The Morgan fingerprint density at radius 1 is 1.40 bits per heavy atom. The molecule has 20 heavy (non-hydrogen) atoms. The standard InChI is InChI=1S/C14H14BNO3S/c15-9-1-2-11-10(7-9)14(3-5-20-6-4-14)13(19)16(11)8-12(17)18/h1-2,7H,3-6,8H2,(H,17,18). The first-order valence-corrected chi connectivity index (χ1v) is 7.71. The fourth-order valence-corrected chi connectivity index (χ4v) is 4.34. The number of benzene rings is 1. The van der Waals surface area contributed by atoms with E-state index in [1.807, 2.05) is 17.8 Å². The summed E-state index contributed by atoms with van der Waals surface area (Å²) in [6.45, 7) is -0.287. The molecule has 2 aliphatic rings. The van der Waals surface area contributed by atoms with Crippen molar-refractivity contribution in [3.63, 3.8) is 0 Å². The molecule has 1 N–H and O–H groups in total. The van der Waals surface area contributed by atoms with Gasteiger partial charge in [0.2, 0.25) is 5.91 Å². The van der Waals surface area contributed by atoms with E-state index in [0.29, 0.717) is 11.2 Å². The highest BCUT2D eigenvalue weighted by Crippen LogP contribution is 2.48. The number of thioether (sulfide) groups is 1. The van der Waals surface area contributed by atoms with E-state index in [1.165, 1.54) is 4.90 Å². The summed E-state index contributed by atoms with van der Waals surface area (Å²) in [5.74, 6) is 0.756. The third-order valence-electron chi connectivity index (χ3n) is 4.12. The van der Waals surface area contributed by atoms with E-state index in [2.05, 4.69) is 0 Å². The van der Waals surface area contributed by atoms with Crippen LogP contribution in [0.25, 0.3) is 0 Å². The van der Waals surface area contributed by atoms with Crippen molar-refractivity contribution in [1.82, 2.24) is 0 Å². The number of aliphatic carboxylic acids is 1. The van der Waals surface area contributed by atoms with Crippen molar-refractivity contribution in [2.45, 2.75) is 18.3 Å². The average Bonchev–Trinajstić information content (AvgIpc) is 2.63. The highest BCUT2D eigenvalue weighted by molar-refractivity contribution is 7.99. The number of amides is 1. The topological polar surface area (TPSA) is 57.6 Å². The molecule has 1 saturated heterocycles. The van der Waals surface area contributed by atoms with E-state index in [0.717, 1.165) is 29.9 Å². The van der Waals surface area contributed by atoms with Crippen molar-refractivity contribution in [2.75, 3.05) is 23.0 Å². The van der Waals surface area contributed by atoms with Gasteiger partial charge in [-0.25, -0.2) is 0 Å². The summed E-state index contributed by atoms with van der Waals surface area (Å²) in [7, 11) is 5.86. The molecule has 2 heterocycles. The van der Waals surface area contributed by atoms with Crippen molar-refractivity contribution in [3.05, 3.63) is 23.8 Å². The van der Waals surface area contributed by atoms with Gasteiger partial charge in [-0.3, -0.25) is 9.59 Å². The molecule has 2 radical (unpaired) electrons. The molecular formula is C14H14BNO3S. The molecule has 0 aliphatic carbocycles. The summed E-state index contributed by atoms with van der Waals surface area (Å²) >= 11 is 1.83. The lowest BCUT2D eigenvalue weighted by atomic mass is 9.75. The zero-order chi connectivity index (χ0) is 14.3. The van der Waals surface area contributed by atoms with Crippen molar-refractivity contribution >= 4 is 42.6 Å². The summed E-state index contributed by atoms with van der Waals surface area (Å²) in [4.78, 5) is 25.2. The van der Waals surface area contributed by atoms with Crippen LogP contribution in [0, 0.1) is 0 Å². The van der Waals surface area contributed by atoms with Crippen molar-refractivity contribution in [2.24, 2.45) is 0 Å². The number of carboxylic acid groups (broad SMARTS) is 1. The largest absolute Gasteiger partial charge is 0.480 e. The summed E-state index contributed by atoms with van der Waals surface area (Å²) in [6.07, 6.45) is 1.51. The van der Waals surface area contributed by atoms with Gasteiger partial charge >= 0.3 is 5.97 Å². The third-order valence-corrected chi connectivity index (χ3v) is 5.11. The van der Waals surface area contributed by atoms with Crippen LogP contribution in [0.1, 0.15) is 18.4 Å². The maximum atomic E-state index is 12.8. The summed E-state index contributed by atoms with van der Waals surface area (Å²) in [5, 5.41) is 9.04. The number of carbonyl (C=O) groups is 2. The molecule has 1 amide bonds. The lowest BCUT2D eigenvalue weighted by Gasteiger charge is -2.32. The molecule has 0 saturated carbocycles. The molecule has 1 aromatic rings. The fourth-order valence-electron chi connectivity index (χ4n) is 3.15. The quantitative estimate of drug-likeness (QED) is 0.813. The average molecular weight is 287 g/mol. The van der Waals surface area contributed by atoms with Gasteiger partial charge in [0, 0.05) is 5.69 Å². The van der Waals surface area contributed by atoms with Crippen LogP contribution in [0.4, 0.5) is 5.69 Å². The number of carbonyl (C=O) groups excluding carboxylic acids is 1. The molecule has 0 aromatic heterocycles. The molecule has 0 atom stereocenters. The number of hydrogen-bond donors (Lipinski definition) is 1. The SMILES string of the molecule is [B]c1ccc2c(c1)C1(CCSCC1)C(=O)N2CC(=O)O. The molecule has 0 bridgehead atoms. The molecule has 4 nitrogen and oxygen atoms in total. The summed E-state index contributed by atoms with van der Waals surface area (Å²) < 4.78 is 0. The predicted molar refractivity (Wildman–Crippen MR) is 80.1 cm³/mol. The van der Waals surface area contributed by atoms with Gasteiger partial charge in [0.15, 0.2) is 0 Å². The third kappa shape index (κ3) is 1.94. The Balaban J connectivity index is 2.12. The Kier molecular flexibility index (Phi) is 3.28. The van der Waals surface area contributed by atoms with Gasteiger partial charge in [-0.1, -0.05) is 17.6 Å². The zero-order valence-corrected chi connectivity index (χ0v) is 11.8. The first-order chi connectivity index (χ1) is 9.54. The number of fused-ring (bicyclic) bond motifs is 2. The van der Waals surface area contributed by atoms with Crippen molar-refractivity contribution < 1.29 is 14.7 Å². The minimum Gasteiger partial charge on any atom is -0.480 e. The summed E-state index contributed by atoms with van der Waals surface area (Å²) in [6, 6.07) is 5.32. The number of rotatable bonds is 2.